The molecule has 102 valence electrons. The van der Waals surface area contributed by atoms with Gasteiger partial charge in [-0.3, -0.25) is 4.79 Å². The zero-order valence-electron chi connectivity index (χ0n) is 10.4. The van der Waals surface area contributed by atoms with Crippen LogP contribution in [0.15, 0.2) is 36.7 Å². The van der Waals surface area contributed by atoms with E-state index in [1.807, 2.05) is 0 Å². The Morgan fingerprint density at radius 3 is 2.45 bits per heavy atom. The highest BCUT2D eigenvalue weighted by molar-refractivity contribution is 5.92. The predicted octanol–water partition coefficient (Wildman–Crippen LogP) is 0.886. The van der Waals surface area contributed by atoms with Crippen LogP contribution < -0.4 is 11.1 Å². The molecule has 2 aromatic rings. The Hall–Kier alpha value is -2.96. The number of carbonyl (C=O) groups excluding carboxylic acids is 1. The molecule has 0 radical (unpaired) electrons. The van der Waals surface area contributed by atoms with Crippen LogP contribution in [0, 0.1) is 0 Å². The maximum atomic E-state index is 10.9. The van der Waals surface area contributed by atoms with E-state index in [0.717, 1.165) is 5.56 Å². The molecule has 7 heteroatoms. The van der Waals surface area contributed by atoms with Gasteiger partial charge in [0.1, 0.15) is 11.5 Å². The Morgan fingerprint density at radius 1 is 1.15 bits per heavy atom. The minimum Gasteiger partial charge on any atom is -0.477 e. The van der Waals surface area contributed by atoms with E-state index >= 15 is 0 Å². The van der Waals surface area contributed by atoms with E-state index in [0.29, 0.717) is 17.9 Å². The van der Waals surface area contributed by atoms with E-state index in [2.05, 4.69) is 15.3 Å². The van der Waals surface area contributed by atoms with Crippen molar-refractivity contribution in [2.24, 2.45) is 5.73 Å². The van der Waals surface area contributed by atoms with Crippen LogP contribution in [0.2, 0.25) is 0 Å². The zero-order valence-corrected chi connectivity index (χ0v) is 10.4. The first-order chi connectivity index (χ1) is 9.56. The van der Waals surface area contributed by atoms with Crippen molar-refractivity contribution in [3.8, 4) is 0 Å². The normalized spacial score (nSPS) is 10.0. The minimum atomic E-state index is -1.06. The van der Waals surface area contributed by atoms with Crippen LogP contribution in [0.4, 0.5) is 5.82 Å². The molecule has 7 nitrogen and oxygen atoms in total. The van der Waals surface area contributed by atoms with Gasteiger partial charge in [-0.15, -0.1) is 0 Å². The molecule has 2 heterocycles. The third kappa shape index (κ3) is 3.29. The second kappa shape index (κ2) is 5.79. The summed E-state index contributed by atoms with van der Waals surface area (Å²) in [5, 5.41) is 11.8. The molecule has 0 bridgehead atoms. The highest BCUT2D eigenvalue weighted by atomic mass is 16.4. The van der Waals surface area contributed by atoms with Gasteiger partial charge >= 0.3 is 5.97 Å². The molecule has 0 spiro atoms. The number of primary amides is 1. The lowest BCUT2D eigenvalue weighted by Gasteiger charge is -2.06. The highest BCUT2D eigenvalue weighted by Crippen LogP contribution is 2.07. The van der Waals surface area contributed by atoms with Crippen molar-refractivity contribution in [2.45, 2.75) is 6.54 Å². The molecule has 1 amide bonds. The Balaban J connectivity index is 1.97. The van der Waals surface area contributed by atoms with Crippen LogP contribution in [-0.2, 0) is 6.54 Å². The van der Waals surface area contributed by atoms with Gasteiger partial charge in [-0.1, -0.05) is 6.07 Å². The van der Waals surface area contributed by atoms with E-state index in [-0.39, 0.29) is 5.69 Å². The van der Waals surface area contributed by atoms with Crippen LogP contribution in [-0.4, -0.2) is 27.0 Å². The summed E-state index contributed by atoms with van der Waals surface area (Å²) in [6.45, 7) is 0.440. The predicted molar refractivity (Wildman–Crippen MR) is 71.3 cm³/mol. The molecule has 0 saturated carbocycles. The number of aromatic carboxylic acids is 1. The van der Waals surface area contributed by atoms with E-state index in [1.54, 1.807) is 18.2 Å². The summed E-state index contributed by atoms with van der Waals surface area (Å²) in [5.74, 6) is -1.01. The van der Waals surface area contributed by atoms with Crippen molar-refractivity contribution in [3.63, 3.8) is 0 Å². The fraction of sp³-hybridized carbons (Fsp3) is 0.0769. The van der Waals surface area contributed by atoms with Gasteiger partial charge in [0, 0.05) is 18.9 Å². The van der Waals surface area contributed by atoms with Gasteiger partial charge < -0.3 is 16.2 Å². The molecular formula is C13H12N4O3. The number of carbonyl (C=O) groups is 2. The summed E-state index contributed by atoms with van der Waals surface area (Å²) in [6, 6.07) is 6.31. The third-order valence-electron chi connectivity index (χ3n) is 2.57. The fourth-order valence-electron chi connectivity index (χ4n) is 1.49. The summed E-state index contributed by atoms with van der Waals surface area (Å²) in [7, 11) is 0. The van der Waals surface area contributed by atoms with Gasteiger partial charge in [-0.2, -0.15) is 0 Å². The number of amides is 1. The summed E-state index contributed by atoms with van der Waals surface area (Å²) in [6.07, 6.45) is 2.87. The average Bonchev–Trinajstić information content (AvgIpc) is 2.46. The number of nitrogens with zero attached hydrogens (tertiary/aromatic N) is 2. The number of hydrogen-bond donors (Lipinski definition) is 3. The molecule has 0 atom stereocenters. The molecule has 0 aliphatic heterocycles. The Labute approximate surface area is 114 Å². The molecule has 4 N–H and O–H groups in total. The van der Waals surface area contributed by atoms with Crippen molar-refractivity contribution >= 4 is 17.7 Å². The topological polar surface area (TPSA) is 118 Å². The number of anilines is 1. The molecule has 2 rings (SSSR count). The summed E-state index contributed by atoms with van der Waals surface area (Å²) < 4.78 is 0. The number of hydrogen-bond acceptors (Lipinski definition) is 5. The lowest BCUT2D eigenvalue weighted by Crippen LogP contribution is -2.11. The number of aromatic nitrogens is 2. The monoisotopic (exact) mass is 272 g/mol. The van der Waals surface area contributed by atoms with Crippen LogP contribution in [0.1, 0.15) is 26.4 Å². The molecule has 0 unspecified atom stereocenters. The lowest BCUT2D eigenvalue weighted by molar-refractivity contribution is 0.0690. The Morgan fingerprint density at radius 2 is 1.95 bits per heavy atom. The summed E-state index contributed by atoms with van der Waals surface area (Å²) in [4.78, 5) is 29.4. The first kappa shape index (κ1) is 13.5. The quantitative estimate of drug-likeness (QED) is 0.743. The molecule has 0 aliphatic carbocycles. The van der Waals surface area contributed by atoms with E-state index in [1.165, 1.54) is 18.5 Å². The van der Waals surface area contributed by atoms with Gasteiger partial charge in [-0.25, -0.2) is 14.8 Å². The van der Waals surface area contributed by atoms with Crippen molar-refractivity contribution in [1.29, 1.82) is 0 Å². The van der Waals surface area contributed by atoms with Crippen LogP contribution in [0.5, 0.6) is 0 Å². The number of nitrogens with one attached hydrogen (secondary N) is 1. The Kier molecular flexibility index (Phi) is 3.90. The molecule has 0 aromatic carbocycles. The second-order valence-electron chi connectivity index (χ2n) is 4.01. The smallest absolute Gasteiger partial charge is 0.354 e. The number of pyridine rings is 2. The van der Waals surface area contributed by atoms with E-state index in [4.69, 9.17) is 10.8 Å². The molecule has 20 heavy (non-hydrogen) atoms. The maximum absolute atomic E-state index is 10.9. The minimum absolute atomic E-state index is 0.00214. The zero-order chi connectivity index (χ0) is 14.5. The second-order valence-corrected chi connectivity index (χ2v) is 4.01. The molecule has 2 aromatic heterocycles. The van der Waals surface area contributed by atoms with Crippen molar-refractivity contribution in [3.05, 3.63) is 53.5 Å². The first-order valence-electron chi connectivity index (χ1n) is 5.74. The molecular weight excluding hydrogens is 260 g/mol. The van der Waals surface area contributed by atoms with Gasteiger partial charge in [0.15, 0.2) is 0 Å². The van der Waals surface area contributed by atoms with Gasteiger partial charge in [0.05, 0.1) is 5.56 Å². The number of carboxylic acid groups (broad SMARTS) is 1. The maximum Gasteiger partial charge on any atom is 0.354 e. The van der Waals surface area contributed by atoms with Gasteiger partial charge in [0.2, 0.25) is 5.91 Å². The van der Waals surface area contributed by atoms with Crippen LogP contribution in [0.3, 0.4) is 0 Å². The van der Waals surface area contributed by atoms with E-state index in [9.17, 15) is 9.59 Å². The number of rotatable bonds is 5. The molecule has 0 aliphatic rings. The Bertz CT molecular complexity index is 566. The lowest BCUT2D eigenvalue weighted by atomic mass is 10.2. The van der Waals surface area contributed by atoms with E-state index < -0.39 is 11.9 Å². The standard InChI is InChI=1S/C13H12N4O3/c14-12(18)9-2-4-11(17-7-9)16-6-8-1-3-10(13(19)20)15-5-8/h1-5,7H,6H2,(H2,14,18)(H,16,17)(H,19,20). The summed E-state index contributed by atoms with van der Waals surface area (Å²) in [5.41, 5.74) is 6.26. The van der Waals surface area contributed by atoms with Crippen molar-refractivity contribution in [1.82, 2.24) is 9.97 Å². The molecule has 0 fully saturated rings. The SMILES string of the molecule is NC(=O)c1ccc(NCc2ccc(C(=O)O)nc2)nc1. The summed E-state index contributed by atoms with van der Waals surface area (Å²) >= 11 is 0. The highest BCUT2D eigenvalue weighted by Gasteiger charge is 2.04. The fourth-order valence-corrected chi connectivity index (χ4v) is 1.49. The van der Waals surface area contributed by atoms with Crippen molar-refractivity contribution in [2.75, 3.05) is 5.32 Å². The number of nitrogens with two attached hydrogens (primary N) is 1. The largest absolute Gasteiger partial charge is 0.477 e. The average molecular weight is 272 g/mol. The van der Waals surface area contributed by atoms with Gasteiger partial charge in [-0.05, 0) is 23.8 Å². The van der Waals surface area contributed by atoms with Crippen molar-refractivity contribution < 1.29 is 14.7 Å². The third-order valence-corrected chi connectivity index (χ3v) is 2.57. The first-order valence-corrected chi connectivity index (χ1v) is 5.74. The number of carboxylic acids is 1. The molecule has 0 saturated heterocycles. The van der Waals surface area contributed by atoms with Crippen LogP contribution >= 0.6 is 0 Å². The van der Waals surface area contributed by atoms with Crippen LogP contribution in [0.25, 0.3) is 0 Å². The van der Waals surface area contributed by atoms with Gasteiger partial charge in [0.25, 0.3) is 0 Å².